The Hall–Kier alpha value is -3.81. The molecule has 0 aliphatic carbocycles. The normalized spacial score (nSPS) is 11.0. The quantitative estimate of drug-likeness (QED) is 0.300. The van der Waals surface area contributed by atoms with E-state index in [1.165, 1.54) is 37.4 Å². The third-order valence-corrected chi connectivity index (χ3v) is 7.26. The van der Waals surface area contributed by atoms with Crippen molar-refractivity contribution in [3.05, 3.63) is 108 Å². The SMILES string of the molecule is COc1ccc(N(C(=O)COc2ccc(-c3ccccc3)cc2)S(=O)(=O)c2ccccc2)cc1Cl. The molecule has 0 aromatic heterocycles. The fourth-order valence-corrected chi connectivity index (χ4v) is 5.15. The van der Waals surface area contributed by atoms with Gasteiger partial charge in [0.2, 0.25) is 0 Å². The Kier molecular flexibility index (Phi) is 7.39. The van der Waals surface area contributed by atoms with Gasteiger partial charge in [-0.3, -0.25) is 4.79 Å². The van der Waals surface area contributed by atoms with Crippen LogP contribution in [0.1, 0.15) is 0 Å². The Balaban J connectivity index is 1.60. The standard InChI is InChI=1S/C27H22ClNO5S/c1-33-26-17-14-22(18-25(26)28)29(35(31,32)24-10-6-3-7-11-24)27(30)19-34-23-15-12-21(13-16-23)20-8-4-2-5-9-20/h2-18H,19H2,1H3. The van der Waals surface area contributed by atoms with Gasteiger partial charge in [-0.25, -0.2) is 8.42 Å². The number of methoxy groups -OCH3 is 1. The summed E-state index contributed by atoms with van der Waals surface area (Å²) in [6, 6.07) is 29.1. The first-order chi connectivity index (χ1) is 16.9. The molecular weight excluding hydrogens is 486 g/mol. The maximum absolute atomic E-state index is 13.4. The number of rotatable bonds is 8. The fourth-order valence-electron chi connectivity index (χ4n) is 3.47. The number of halogens is 1. The van der Waals surface area contributed by atoms with E-state index in [1.807, 2.05) is 42.5 Å². The molecule has 178 valence electrons. The molecule has 4 aromatic rings. The van der Waals surface area contributed by atoms with Crippen LogP contribution in [-0.2, 0) is 14.8 Å². The molecule has 0 bridgehead atoms. The number of nitrogens with zero attached hydrogens (tertiary/aromatic N) is 1. The number of hydrogen-bond donors (Lipinski definition) is 0. The molecule has 0 radical (unpaired) electrons. The van der Waals surface area contributed by atoms with E-state index in [9.17, 15) is 13.2 Å². The van der Waals surface area contributed by atoms with E-state index in [0.717, 1.165) is 11.1 Å². The van der Waals surface area contributed by atoms with E-state index in [1.54, 1.807) is 30.3 Å². The van der Waals surface area contributed by atoms with Crippen molar-refractivity contribution in [2.75, 3.05) is 18.0 Å². The van der Waals surface area contributed by atoms with Crippen molar-refractivity contribution in [2.45, 2.75) is 4.90 Å². The lowest BCUT2D eigenvalue weighted by atomic mass is 10.1. The van der Waals surface area contributed by atoms with Gasteiger partial charge < -0.3 is 9.47 Å². The van der Waals surface area contributed by atoms with Crippen LogP contribution >= 0.6 is 11.6 Å². The molecule has 6 nitrogen and oxygen atoms in total. The summed E-state index contributed by atoms with van der Waals surface area (Å²) in [5, 5.41) is 0.170. The predicted molar refractivity (Wildman–Crippen MR) is 136 cm³/mol. The van der Waals surface area contributed by atoms with E-state index >= 15 is 0 Å². The summed E-state index contributed by atoms with van der Waals surface area (Å²) < 4.78 is 38.4. The Bertz CT molecular complexity index is 1410. The number of hydrogen-bond acceptors (Lipinski definition) is 5. The van der Waals surface area contributed by atoms with Gasteiger partial charge in [-0.2, -0.15) is 4.31 Å². The highest BCUT2D eigenvalue weighted by atomic mass is 35.5. The van der Waals surface area contributed by atoms with Crippen LogP contribution in [0, 0.1) is 0 Å². The second kappa shape index (κ2) is 10.6. The largest absolute Gasteiger partial charge is 0.495 e. The van der Waals surface area contributed by atoms with Crippen LogP contribution in [0.25, 0.3) is 11.1 Å². The number of benzene rings is 4. The minimum Gasteiger partial charge on any atom is -0.495 e. The minimum atomic E-state index is -4.23. The molecular formula is C27H22ClNO5S. The molecule has 0 saturated carbocycles. The van der Waals surface area contributed by atoms with E-state index in [2.05, 4.69) is 0 Å². The zero-order valence-corrected chi connectivity index (χ0v) is 20.4. The first-order valence-electron chi connectivity index (χ1n) is 10.6. The van der Waals surface area contributed by atoms with Gasteiger partial charge in [-0.15, -0.1) is 0 Å². The van der Waals surface area contributed by atoms with E-state index < -0.39 is 22.5 Å². The van der Waals surface area contributed by atoms with Crippen molar-refractivity contribution in [1.29, 1.82) is 0 Å². The van der Waals surface area contributed by atoms with Crippen molar-refractivity contribution in [2.24, 2.45) is 0 Å². The molecule has 0 heterocycles. The van der Waals surface area contributed by atoms with Gasteiger partial charge in [0.25, 0.3) is 15.9 Å². The summed E-state index contributed by atoms with van der Waals surface area (Å²) in [5.41, 5.74) is 2.12. The average molecular weight is 508 g/mol. The Morgan fingerprint density at radius 3 is 2.03 bits per heavy atom. The molecule has 0 saturated heterocycles. The van der Waals surface area contributed by atoms with Gasteiger partial charge in [-0.1, -0.05) is 72.3 Å². The maximum Gasteiger partial charge on any atom is 0.278 e. The molecule has 35 heavy (non-hydrogen) atoms. The number of anilines is 1. The number of amides is 1. The summed E-state index contributed by atoms with van der Waals surface area (Å²) in [6.07, 6.45) is 0. The molecule has 0 spiro atoms. The van der Waals surface area contributed by atoms with Crippen LogP contribution in [0.5, 0.6) is 11.5 Å². The smallest absolute Gasteiger partial charge is 0.278 e. The zero-order valence-electron chi connectivity index (χ0n) is 18.8. The molecule has 4 aromatic carbocycles. The van der Waals surface area contributed by atoms with Gasteiger partial charge in [-0.05, 0) is 53.6 Å². The van der Waals surface area contributed by atoms with Crippen LogP contribution in [0.2, 0.25) is 5.02 Å². The molecule has 8 heteroatoms. The molecule has 1 amide bonds. The molecule has 0 aliphatic rings. The zero-order chi connectivity index (χ0) is 24.8. The lowest BCUT2D eigenvalue weighted by molar-refractivity contribution is -0.119. The first-order valence-corrected chi connectivity index (χ1v) is 12.5. The minimum absolute atomic E-state index is 0.0347. The van der Waals surface area contributed by atoms with Crippen LogP contribution in [0.15, 0.2) is 108 Å². The molecule has 0 fully saturated rings. The lowest BCUT2D eigenvalue weighted by Gasteiger charge is -2.23. The van der Waals surface area contributed by atoms with Gasteiger partial charge >= 0.3 is 0 Å². The lowest BCUT2D eigenvalue weighted by Crippen LogP contribution is -2.40. The Labute approximate surface area is 209 Å². The van der Waals surface area contributed by atoms with Gasteiger partial charge in [0.15, 0.2) is 6.61 Å². The molecule has 0 atom stereocenters. The number of carbonyl (C=O) groups excluding carboxylic acids is 1. The monoisotopic (exact) mass is 507 g/mol. The van der Waals surface area contributed by atoms with Crippen molar-refractivity contribution in [1.82, 2.24) is 0 Å². The van der Waals surface area contributed by atoms with Crippen LogP contribution < -0.4 is 13.8 Å². The van der Waals surface area contributed by atoms with E-state index in [4.69, 9.17) is 21.1 Å². The Morgan fingerprint density at radius 1 is 0.829 bits per heavy atom. The third-order valence-electron chi connectivity index (χ3n) is 5.20. The van der Waals surface area contributed by atoms with Crippen molar-refractivity contribution < 1.29 is 22.7 Å². The van der Waals surface area contributed by atoms with E-state index in [0.29, 0.717) is 15.8 Å². The predicted octanol–water partition coefficient (Wildman–Crippen LogP) is 5.82. The summed E-state index contributed by atoms with van der Waals surface area (Å²) in [5.74, 6) is 0.0137. The summed E-state index contributed by atoms with van der Waals surface area (Å²) in [6.45, 7) is -0.500. The van der Waals surface area contributed by atoms with Crippen LogP contribution in [0.4, 0.5) is 5.69 Å². The first kappa shape index (κ1) is 24.3. The fraction of sp³-hybridized carbons (Fsp3) is 0.0741. The Morgan fingerprint density at radius 2 is 1.43 bits per heavy atom. The molecule has 0 unspecified atom stereocenters. The van der Waals surface area contributed by atoms with Crippen LogP contribution in [-0.4, -0.2) is 28.0 Å². The van der Waals surface area contributed by atoms with Gasteiger partial charge in [0.05, 0.1) is 22.7 Å². The summed E-state index contributed by atoms with van der Waals surface area (Å²) in [4.78, 5) is 13.2. The average Bonchev–Trinajstić information content (AvgIpc) is 2.89. The molecule has 4 rings (SSSR count). The summed E-state index contributed by atoms with van der Waals surface area (Å²) in [7, 11) is -2.79. The highest BCUT2D eigenvalue weighted by Crippen LogP contribution is 2.32. The summed E-state index contributed by atoms with van der Waals surface area (Å²) >= 11 is 6.22. The second-order valence-electron chi connectivity index (χ2n) is 7.47. The van der Waals surface area contributed by atoms with Gasteiger partial charge in [0, 0.05) is 0 Å². The topological polar surface area (TPSA) is 72.9 Å². The third kappa shape index (κ3) is 5.48. The highest BCUT2D eigenvalue weighted by molar-refractivity contribution is 7.93. The van der Waals surface area contributed by atoms with Gasteiger partial charge in [0.1, 0.15) is 11.5 Å². The second-order valence-corrected chi connectivity index (χ2v) is 9.67. The number of carbonyl (C=O) groups is 1. The molecule has 0 N–H and O–H groups in total. The van der Waals surface area contributed by atoms with Crippen LogP contribution in [0.3, 0.4) is 0 Å². The van der Waals surface area contributed by atoms with Crippen molar-refractivity contribution >= 4 is 33.2 Å². The van der Waals surface area contributed by atoms with Crippen molar-refractivity contribution in [3.8, 4) is 22.6 Å². The number of sulfonamides is 1. The molecule has 0 aliphatic heterocycles. The highest BCUT2D eigenvalue weighted by Gasteiger charge is 2.31. The van der Waals surface area contributed by atoms with Crippen molar-refractivity contribution in [3.63, 3.8) is 0 Å². The van der Waals surface area contributed by atoms with E-state index in [-0.39, 0.29) is 15.6 Å². The number of ether oxygens (including phenoxy) is 2. The maximum atomic E-state index is 13.4.